The molecule has 0 radical (unpaired) electrons. The molecule has 162 valence electrons. The molecule has 1 aromatic carbocycles. The molecule has 0 bridgehead atoms. The molecule has 2 heterocycles. The third-order valence-electron chi connectivity index (χ3n) is 4.81. The SMILES string of the molecule is COc1cccc(CN2CC(=O)N(/C(C=C=CI)=C/NCc3c(C)noc3C)C2=O)c1. The summed E-state index contributed by atoms with van der Waals surface area (Å²) >= 11 is 2.03. The molecule has 3 rings (SSSR count). The minimum atomic E-state index is -0.385. The Labute approximate surface area is 194 Å². The first-order valence-electron chi connectivity index (χ1n) is 9.55. The van der Waals surface area contributed by atoms with Crippen LogP contribution in [-0.2, 0) is 17.9 Å². The van der Waals surface area contributed by atoms with Gasteiger partial charge in [-0.15, -0.1) is 5.73 Å². The lowest BCUT2D eigenvalue weighted by Crippen LogP contribution is -2.32. The first-order valence-corrected chi connectivity index (χ1v) is 10.8. The van der Waals surface area contributed by atoms with E-state index in [0.29, 0.717) is 24.5 Å². The molecule has 9 heteroatoms. The molecule has 0 saturated carbocycles. The zero-order valence-corrected chi connectivity index (χ0v) is 19.7. The Bertz CT molecular complexity index is 1050. The molecule has 1 aliphatic heterocycles. The van der Waals surface area contributed by atoms with Gasteiger partial charge >= 0.3 is 6.03 Å². The highest BCUT2D eigenvalue weighted by Crippen LogP contribution is 2.21. The molecular weight excluding hydrogens is 511 g/mol. The van der Waals surface area contributed by atoms with E-state index in [-0.39, 0.29) is 18.5 Å². The molecule has 1 fully saturated rings. The Morgan fingerprint density at radius 3 is 2.87 bits per heavy atom. The van der Waals surface area contributed by atoms with E-state index in [2.05, 4.69) is 16.2 Å². The van der Waals surface area contributed by atoms with E-state index in [1.807, 2.05) is 60.7 Å². The number of ether oxygens (including phenoxy) is 1. The molecule has 0 atom stereocenters. The zero-order chi connectivity index (χ0) is 22.4. The van der Waals surface area contributed by atoms with Crippen molar-refractivity contribution in [1.82, 2.24) is 20.3 Å². The van der Waals surface area contributed by atoms with Crippen LogP contribution in [0.15, 0.2) is 56.6 Å². The third kappa shape index (κ3) is 5.36. The van der Waals surface area contributed by atoms with Crippen molar-refractivity contribution < 1.29 is 18.8 Å². The summed E-state index contributed by atoms with van der Waals surface area (Å²) < 4.78 is 12.1. The Morgan fingerprint density at radius 1 is 1.39 bits per heavy atom. The second-order valence-corrected chi connectivity index (χ2v) is 7.52. The van der Waals surface area contributed by atoms with Crippen LogP contribution in [0.4, 0.5) is 4.79 Å². The number of carbonyl (C=O) groups is 2. The van der Waals surface area contributed by atoms with Gasteiger partial charge in [-0.2, -0.15) is 0 Å². The standard InChI is InChI=1S/C22H23IN4O4/c1-15-20(16(2)31-25-15)12-24-11-18(7-5-9-23)27-21(28)14-26(22(27)29)13-17-6-4-8-19(10-17)30-3/h4,6-11,24H,12-14H2,1-3H3/b18-11+. The Morgan fingerprint density at radius 2 is 2.19 bits per heavy atom. The Hall–Kier alpha value is -3.04. The van der Waals surface area contributed by atoms with E-state index in [4.69, 9.17) is 9.26 Å². The van der Waals surface area contributed by atoms with Crippen molar-refractivity contribution in [2.75, 3.05) is 13.7 Å². The molecule has 0 spiro atoms. The molecule has 2 aromatic rings. The van der Waals surface area contributed by atoms with E-state index in [9.17, 15) is 9.59 Å². The molecule has 8 nitrogen and oxygen atoms in total. The summed E-state index contributed by atoms with van der Waals surface area (Å²) in [5, 5.41) is 7.08. The van der Waals surface area contributed by atoms with Crippen molar-refractivity contribution in [2.24, 2.45) is 0 Å². The lowest BCUT2D eigenvalue weighted by Gasteiger charge is -2.18. The van der Waals surface area contributed by atoms with Crippen LogP contribution in [0.5, 0.6) is 5.75 Å². The van der Waals surface area contributed by atoms with E-state index in [1.54, 1.807) is 23.5 Å². The lowest BCUT2D eigenvalue weighted by atomic mass is 10.2. The summed E-state index contributed by atoms with van der Waals surface area (Å²) in [5.74, 6) is 1.12. The molecule has 1 aliphatic rings. The van der Waals surface area contributed by atoms with Crippen LogP contribution in [0.25, 0.3) is 0 Å². The molecule has 1 saturated heterocycles. The quantitative estimate of drug-likeness (QED) is 0.240. The Balaban J connectivity index is 1.78. The van der Waals surface area contributed by atoms with Crippen LogP contribution in [0, 0.1) is 13.8 Å². The van der Waals surface area contributed by atoms with Crippen molar-refractivity contribution in [3.05, 3.63) is 74.6 Å². The van der Waals surface area contributed by atoms with Gasteiger partial charge in [-0.3, -0.25) is 4.79 Å². The molecule has 31 heavy (non-hydrogen) atoms. The molecule has 1 aromatic heterocycles. The number of allylic oxidation sites excluding steroid dienone is 1. The number of imide groups is 1. The number of halogens is 1. The third-order valence-corrected chi connectivity index (χ3v) is 5.17. The summed E-state index contributed by atoms with van der Waals surface area (Å²) in [4.78, 5) is 28.4. The number of carbonyl (C=O) groups excluding carboxylic acids is 2. The number of nitrogens with one attached hydrogen (secondary N) is 1. The largest absolute Gasteiger partial charge is 0.497 e. The fourth-order valence-corrected chi connectivity index (χ4v) is 3.40. The van der Waals surface area contributed by atoms with E-state index in [0.717, 1.165) is 27.5 Å². The average molecular weight is 534 g/mol. The number of aromatic nitrogens is 1. The molecule has 3 amide bonds. The van der Waals surface area contributed by atoms with Crippen LogP contribution in [0.3, 0.4) is 0 Å². The summed E-state index contributed by atoms with van der Waals surface area (Å²) in [7, 11) is 1.59. The van der Waals surface area contributed by atoms with Gasteiger partial charge in [0.05, 0.1) is 18.5 Å². The van der Waals surface area contributed by atoms with Gasteiger partial charge in [0, 0.05) is 35.0 Å². The molecule has 0 aliphatic carbocycles. The number of nitrogens with zero attached hydrogens (tertiary/aromatic N) is 3. The van der Waals surface area contributed by atoms with Crippen molar-refractivity contribution in [3.63, 3.8) is 0 Å². The number of hydrogen-bond acceptors (Lipinski definition) is 6. The van der Waals surface area contributed by atoms with Crippen LogP contribution >= 0.6 is 22.6 Å². The number of benzene rings is 1. The summed E-state index contributed by atoms with van der Waals surface area (Å²) in [6.07, 6.45) is 3.22. The van der Waals surface area contributed by atoms with Crippen molar-refractivity contribution in [3.8, 4) is 5.75 Å². The highest BCUT2D eigenvalue weighted by Gasteiger charge is 2.37. The minimum absolute atomic E-state index is 0.000953. The van der Waals surface area contributed by atoms with Gasteiger partial charge in [0.25, 0.3) is 5.91 Å². The predicted octanol–water partition coefficient (Wildman–Crippen LogP) is 3.80. The minimum Gasteiger partial charge on any atom is -0.497 e. The van der Waals surface area contributed by atoms with Crippen LogP contribution in [-0.4, -0.2) is 40.5 Å². The van der Waals surface area contributed by atoms with Crippen molar-refractivity contribution in [1.29, 1.82) is 0 Å². The lowest BCUT2D eigenvalue weighted by molar-refractivity contribution is -0.123. The highest BCUT2D eigenvalue weighted by molar-refractivity contribution is 14.1. The fraction of sp³-hybridized carbons (Fsp3) is 0.273. The molecular formula is C22H23IN4O4. The first-order chi connectivity index (χ1) is 14.9. The average Bonchev–Trinajstić information content (AvgIpc) is 3.22. The van der Waals surface area contributed by atoms with Crippen LogP contribution in [0.2, 0.25) is 0 Å². The molecule has 1 N–H and O–H groups in total. The normalized spacial score (nSPS) is 14.0. The van der Waals surface area contributed by atoms with E-state index < -0.39 is 0 Å². The summed E-state index contributed by atoms with van der Waals surface area (Å²) in [5.41, 5.74) is 5.94. The topological polar surface area (TPSA) is 87.9 Å². The maximum atomic E-state index is 13.0. The number of amides is 3. The Kier molecular flexibility index (Phi) is 7.54. The zero-order valence-electron chi connectivity index (χ0n) is 17.5. The predicted molar refractivity (Wildman–Crippen MR) is 123 cm³/mol. The van der Waals surface area contributed by atoms with Gasteiger partial charge in [-0.1, -0.05) is 17.3 Å². The highest BCUT2D eigenvalue weighted by atomic mass is 127. The van der Waals surface area contributed by atoms with Crippen LogP contribution in [0.1, 0.15) is 22.6 Å². The van der Waals surface area contributed by atoms with Crippen molar-refractivity contribution in [2.45, 2.75) is 26.9 Å². The van der Waals surface area contributed by atoms with Gasteiger partial charge in [0.2, 0.25) is 0 Å². The number of aryl methyl sites for hydroxylation is 2. The summed E-state index contributed by atoms with van der Waals surface area (Å²) in [6.45, 7) is 4.46. The first kappa shape index (κ1) is 22.6. The van der Waals surface area contributed by atoms with E-state index >= 15 is 0 Å². The fourth-order valence-electron chi connectivity index (χ4n) is 3.22. The number of rotatable bonds is 8. The van der Waals surface area contributed by atoms with Gasteiger partial charge < -0.3 is 19.5 Å². The monoisotopic (exact) mass is 534 g/mol. The maximum absolute atomic E-state index is 13.0. The van der Waals surface area contributed by atoms with E-state index in [1.165, 1.54) is 4.90 Å². The van der Waals surface area contributed by atoms with Crippen molar-refractivity contribution >= 4 is 34.5 Å². The summed E-state index contributed by atoms with van der Waals surface area (Å²) in [6, 6.07) is 7.04. The van der Waals surface area contributed by atoms with Gasteiger partial charge in [-0.05, 0) is 54.1 Å². The molecule has 0 unspecified atom stereocenters. The smallest absolute Gasteiger partial charge is 0.332 e. The maximum Gasteiger partial charge on any atom is 0.332 e. The van der Waals surface area contributed by atoms with Crippen LogP contribution < -0.4 is 10.1 Å². The van der Waals surface area contributed by atoms with Gasteiger partial charge in [-0.25, -0.2) is 9.69 Å². The number of hydrogen-bond donors (Lipinski definition) is 1. The van der Waals surface area contributed by atoms with Gasteiger partial charge in [0.1, 0.15) is 18.1 Å². The number of urea groups is 1. The van der Waals surface area contributed by atoms with Gasteiger partial charge in [0.15, 0.2) is 0 Å². The second-order valence-electron chi connectivity index (χ2n) is 6.89. The number of methoxy groups -OCH3 is 1. The second kappa shape index (κ2) is 10.3.